The topological polar surface area (TPSA) is 59.4 Å². The predicted molar refractivity (Wildman–Crippen MR) is 77.4 cm³/mol. The molecule has 4 nitrogen and oxygen atoms in total. The molecular weight excluding hydrogens is 378 g/mol. The van der Waals surface area contributed by atoms with Crippen molar-refractivity contribution in [3.05, 3.63) is 56.7 Å². The molecule has 0 amide bonds. The first-order chi connectivity index (χ1) is 9.08. The van der Waals surface area contributed by atoms with Crippen LogP contribution >= 0.6 is 31.9 Å². The Hall–Kier alpha value is -1.40. The van der Waals surface area contributed by atoms with Crippen molar-refractivity contribution in [1.82, 2.24) is 4.98 Å². The Kier molecular flexibility index (Phi) is 4.55. The predicted octanol–water partition coefficient (Wildman–Crippen LogP) is 3.88. The molecular formula is C13H9Br2NO3. The lowest BCUT2D eigenvalue weighted by Crippen LogP contribution is -2.00. The van der Waals surface area contributed by atoms with Gasteiger partial charge in [-0.1, -0.05) is 6.07 Å². The number of aromatic nitrogens is 1. The molecule has 0 bridgehead atoms. The third kappa shape index (κ3) is 3.54. The number of halogens is 2. The van der Waals surface area contributed by atoms with Crippen LogP contribution < -0.4 is 4.74 Å². The molecule has 1 aromatic carbocycles. The maximum absolute atomic E-state index is 10.9. The van der Waals surface area contributed by atoms with E-state index in [0.29, 0.717) is 21.3 Å². The molecule has 0 aliphatic heterocycles. The number of carboxylic acids is 1. The van der Waals surface area contributed by atoms with Gasteiger partial charge in [0.1, 0.15) is 12.4 Å². The van der Waals surface area contributed by atoms with E-state index in [1.54, 1.807) is 12.4 Å². The minimum absolute atomic E-state index is 0.187. The van der Waals surface area contributed by atoms with Crippen LogP contribution in [0.25, 0.3) is 0 Å². The normalized spacial score (nSPS) is 10.2. The molecule has 0 saturated carbocycles. The molecule has 0 fully saturated rings. The van der Waals surface area contributed by atoms with Crippen LogP contribution in [0.4, 0.5) is 0 Å². The van der Waals surface area contributed by atoms with Crippen molar-refractivity contribution in [2.75, 3.05) is 0 Å². The molecule has 1 N–H and O–H groups in total. The number of pyridine rings is 1. The maximum atomic E-state index is 10.9. The summed E-state index contributed by atoms with van der Waals surface area (Å²) in [5.74, 6) is -0.422. The van der Waals surface area contributed by atoms with Crippen LogP contribution in [-0.4, -0.2) is 16.1 Å². The first kappa shape index (κ1) is 14.0. The molecule has 0 spiro atoms. The summed E-state index contributed by atoms with van der Waals surface area (Å²) in [6.45, 7) is 0.359. The standard InChI is InChI=1S/C13H9Br2NO3/c14-10-4-9(13(17)18)5-11(15)12(10)19-7-8-2-1-3-16-6-8/h1-6H,7H2,(H,17,18). The Labute approximate surface area is 126 Å². The van der Waals surface area contributed by atoms with Gasteiger partial charge in [-0.05, 0) is 50.1 Å². The minimum atomic E-state index is -0.986. The molecule has 0 aliphatic carbocycles. The van der Waals surface area contributed by atoms with Crippen LogP contribution in [0.2, 0.25) is 0 Å². The highest BCUT2D eigenvalue weighted by Crippen LogP contribution is 2.35. The smallest absolute Gasteiger partial charge is 0.335 e. The van der Waals surface area contributed by atoms with Crippen molar-refractivity contribution < 1.29 is 14.6 Å². The van der Waals surface area contributed by atoms with Gasteiger partial charge in [-0.2, -0.15) is 0 Å². The van der Waals surface area contributed by atoms with Crippen LogP contribution in [0.1, 0.15) is 15.9 Å². The van der Waals surface area contributed by atoms with E-state index in [0.717, 1.165) is 5.56 Å². The Bertz CT molecular complexity index is 579. The zero-order chi connectivity index (χ0) is 13.8. The van der Waals surface area contributed by atoms with E-state index in [9.17, 15) is 4.79 Å². The van der Waals surface area contributed by atoms with Crippen molar-refractivity contribution in [2.24, 2.45) is 0 Å². The molecule has 1 aromatic heterocycles. The molecule has 0 unspecified atom stereocenters. The zero-order valence-electron chi connectivity index (χ0n) is 9.64. The lowest BCUT2D eigenvalue weighted by Gasteiger charge is -2.11. The van der Waals surface area contributed by atoms with Gasteiger partial charge >= 0.3 is 5.97 Å². The number of ether oxygens (including phenoxy) is 1. The third-order valence-corrected chi connectivity index (χ3v) is 3.53. The minimum Gasteiger partial charge on any atom is -0.486 e. The van der Waals surface area contributed by atoms with E-state index < -0.39 is 5.97 Å². The Balaban J connectivity index is 2.19. The van der Waals surface area contributed by atoms with Gasteiger partial charge in [-0.15, -0.1) is 0 Å². The number of carboxylic acid groups (broad SMARTS) is 1. The molecule has 2 rings (SSSR count). The van der Waals surface area contributed by atoms with Gasteiger partial charge in [0.15, 0.2) is 0 Å². The van der Waals surface area contributed by atoms with Crippen LogP contribution in [0.3, 0.4) is 0 Å². The van der Waals surface area contributed by atoms with E-state index in [1.807, 2.05) is 12.1 Å². The highest BCUT2D eigenvalue weighted by molar-refractivity contribution is 9.11. The largest absolute Gasteiger partial charge is 0.486 e. The number of rotatable bonds is 4. The summed E-state index contributed by atoms with van der Waals surface area (Å²) in [5.41, 5.74) is 1.12. The number of benzene rings is 1. The van der Waals surface area contributed by atoms with Crippen LogP contribution in [0.15, 0.2) is 45.6 Å². The lowest BCUT2D eigenvalue weighted by molar-refractivity contribution is 0.0696. The Morgan fingerprint density at radius 3 is 2.53 bits per heavy atom. The fraction of sp³-hybridized carbons (Fsp3) is 0.0769. The molecule has 19 heavy (non-hydrogen) atoms. The van der Waals surface area contributed by atoms with Crippen LogP contribution in [0, 0.1) is 0 Å². The zero-order valence-corrected chi connectivity index (χ0v) is 12.8. The number of nitrogens with zero attached hydrogens (tertiary/aromatic N) is 1. The quantitative estimate of drug-likeness (QED) is 0.865. The molecule has 0 radical (unpaired) electrons. The van der Waals surface area contributed by atoms with Gasteiger partial charge in [-0.3, -0.25) is 4.98 Å². The molecule has 1 heterocycles. The number of hydrogen-bond acceptors (Lipinski definition) is 3. The fourth-order valence-electron chi connectivity index (χ4n) is 1.46. The summed E-state index contributed by atoms with van der Waals surface area (Å²) in [4.78, 5) is 14.9. The van der Waals surface area contributed by atoms with E-state index >= 15 is 0 Å². The van der Waals surface area contributed by atoms with Crippen molar-refractivity contribution in [2.45, 2.75) is 6.61 Å². The Morgan fingerprint density at radius 2 is 2.00 bits per heavy atom. The summed E-state index contributed by atoms with van der Waals surface area (Å²) in [7, 11) is 0. The second kappa shape index (κ2) is 6.16. The molecule has 0 saturated heterocycles. The number of aromatic carboxylic acids is 1. The van der Waals surface area contributed by atoms with Gasteiger partial charge in [0.25, 0.3) is 0 Å². The van der Waals surface area contributed by atoms with Gasteiger partial charge in [0.2, 0.25) is 0 Å². The van der Waals surface area contributed by atoms with Crippen LogP contribution in [-0.2, 0) is 6.61 Å². The third-order valence-electron chi connectivity index (χ3n) is 2.35. The van der Waals surface area contributed by atoms with Gasteiger partial charge in [0.05, 0.1) is 14.5 Å². The van der Waals surface area contributed by atoms with Crippen molar-refractivity contribution in [1.29, 1.82) is 0 Å². The molecule has 98 valence electrons. The van der Waals surface area contributed by atoms with E-state index in [1.165, 1.54) is 12.1 Å². The molecule has 6 heteroatoms. The Morgan fingerprint density at radius 1 is 1.32 bits per heavy atom. The first-order valence-electron chi connectivity index (χ1n) is 5.32. The van der Waals surface area contributed by atoms with Gasteiger partial charge in [0, 0.05) is 18.0 Å². The molecule has 0 aliphatic rings. The van der Waals surface area contributed by atoms with Crippen LogP contribution in [0.5, 0.6) is 5.75 Å². The highest BCUT2D eigenvalue weighted by atomic mass is 79.9. The summed E-state index contributed by atoms with van der Waals surface area (Å²) in [6.07, 6.45) is 3.41. The summed E-state index contributed by atoms with van der Waals surface area (Å²) >= 11 is 6.61. The average molecular weight is 387 g/mol. The maximum Gasteiger partial charge on any atom is 0.335 e. The first-order valence-corrected chi connectivity index (χ1v) is 6.90. The monoisotopic (exact) mass is 385 g/mol. The highest BCUT2D eigenvalue weighted by Gasteiger charge is 2.12. The van der Waals surface area contributed by atoms with Crippen molar-refractivity contribution in [3.63, 3.8) is 0 Å². The van der Waals surface area contributed by atoms with Crippen molar-refractivity contribution >= 4 is 37.8 Å². The van der Waals surface area contributed by atoms with Gasteiger partial charge < -0.3 is 9.84 Å². The molecule has 2 aromatic rings. The summed E-state index contributed by atoms with van der Waals surface area (Å²) < 4.78 is 6.83. The van der Waals surface area contributed by atoms with Gasteiger partial charge in [-0.25, -0.2) is 4.79 Å². The lowest BCUT2D eigenvalue weighted by atomic mass is 10.2. The number of carbonyl (C=O) groups is 1. The second-order valence-corrected chi connectivity index (χ2v) is 5.43. The van der Waals surface area contributed by atoms with Crippen molar-refractivity contribution in [3.8, 4) is 5.75 Å². The van der Waals surface area contributed by atoms with E-state index in [-0.39, 0.29) is 5.56 Å². The summed E-state index contributed by atoms with van der Waals surface area (Å²) in [6, 6.07) is 6.74. The van der Waals surface area contributed by atoms with E-state index in [2.05, 4.69) is 36.8 Å². The second-order valence-electron chi connectivity index (χ2n) is 3.72. The van der Waals surface area contributed by atoms with E-state index in [4.69, 9.17) is 9.84 Å². The summed E-state index contributed by atoms with van der Waals surface area (Å²) in [5, 5.41) is 8.94. The SMILES string of the molecule is O=C(O)c1cc(Br)c(OCc2cccnc2)c(Br)c1. The fourth-order valence-corrected chi connectivity index (χ4v) is 2.88. The average Bonchev–Trinajstić information content (AvgIpc) is 2.38. The number of hydrogen-bond donors (Lipinski definition) is 1. The molecule has 0 atom stereocenters.